The lowest BCUT2D eigenvalue weighted by Gasteiger charge is -1.99. The molecule has 0 aromatic rings. The third-order valence-corrected chi connectivity index (χ3v) is 1.04. The summed E-state index contributed by atoms with van der Waals surface area (Å²) in [5.41, 5.74) is -1.89. The fourth-order valence-corrected chi connectivity index (χ4v) is 0.348. The first-order valence-electron chi connectivity index (χ1n) is 2.04. The zero-order chi connectivity index (χ0) is 7.44. The van der Waals surface area contributed by atoms with E-state index in [1.54, 1.807) is 0 Å². The second-order valence-corrected chi connectivity index (χ2v) is 2.00. The lowest BCUT2D eigenvalue weighted by atomic mass is 10.7. The number of thiocarbonyl (C=S) groups is 1. The average molecular weight is 171 g/mol. The van der Waals surface area contributed by atoms with Gasteiger partial charge in [-0.15, -0.1) is 0 Å². The van der Waals surface area contributed by atoms with Crippen molar-refractivity contribution < 1.29 is 13.9 Å². The van der Waals surface area contributed by atoms with E-state index in [0.29, 0.717) is 0 Å². The van der Waals surface area contributed by atoms with Gasteiger partial charge in [-0.25, -0.2) is 4.39 Å². The van der Waals surface area contributed by atoms with Crippen molar-refractivity contribution in [1.82, 2.24) is 0 Å². The summed E-state index contributed by atoms with van der Waals surface area (Å²) in [6, 6.07) is 0. The van der Waals surface area contributed by atoms with Crippen LogP contribution in [0.25, 0.3) is 0 Å². The molecular formula is C4H4ClFO2S. The van der Waals surface area contributed by atoms with Gasteiger partial charge in [0.25, 0.3) is 0 Å². The van der Waals surface area contributed by atoms with Gasteiger partial charge in [-0.1, -0.05) is 11.6 Å². The number of esters is 1. The number of carbonyl (C=O) groups excluding carboxylic acids is 1. The van der Waals surface area contributed by atoms with Gasteiger partial charge in [0.1, 0.15) is 0 Å². The first-order valence-corrected chi connectivity index (χ1v) is 2.89. The minimum atomic E-state index is -1.89. The van der Waals surface area contributed by atoms with Gasteiger partial charge in [0, 0.05) is 6.92 Å². The maximum Gasteiger partial charge on any atom is 0.308 e. The first kappa shape index (κ1) is 8.78. The molecule has 0 heterocycles. The standard InChI is InChI=1S/C4H4ClFO2S/c1-2(7)8-4(9)3(5)6/h3H,1H3. The second kappa shape index (κ2) is 3.74. The van der Waals surface area contributed by atoms with Crippen LogP contribution in [0.3, 0.4) is 0 Å². The van der Waals surface area contributed by atoms with E-state index in [-0.39, 0.29) is 0 Å². The summed E-state index contributed by atoms with van der Waals surface area (Å²) in [6.45, 7) is 1.12. The van der Waals surface area contributed by atoms with Crippen molar-refractivity contribution in [2.24, 2.45) is 0 Å². The normalized spacial score (nSPS) is 12.3. The van der Waals surface area contributed by atoms with Gasteiger partial charge in [0.2, 0.25) is 10.7 Å². The Morgan fingerprint density at radius 2 is 2.33 bits per heavy atom. The fraction of sp³-hybridized carbons (Fsp3) is 0.500. The van der Waals surface area contributed by atoms with E-state index in [4.69, 9.17) is 11.6 Å². The Labute approximate surface area is 61.9 Å². The predicted octanol–water partition coefficient (Wildman–Crippen LogP) is 1.41. The Morgan fingerprint density at radius 1 is 1.89 bits per heavy atom. The number of hydrogen-bond donors (Lipinski definition) is 0. The van der Waals surface area contributed by atoms with Crippen LogP contribution in [-0.4, -0.2) is 16.7 Å². The van der Waals surface area contributed by atoms with Gasteiger partial charge in [0.05, 0.1) is 0 Å². The maximum absolute atomic E-state index is 11.8. The molecular weight excluding hydrogens is 167 g/mol. The van der Waals surface area contributed by atoms with E-state index in [1.807, 2.05) is 0 Å². The lowest BCUT2D eigenvalue weighted by Crippen LogP contribution is -2.13. The molecule has 0 aliphatic rings. The summed E-state index contributed by atoms with van der Waals surface area (Å²) in [5, 5.41) is -0.538. The van der Waals surface area contributed by atoms with Crippen LogP contribution in [0.15, 0.2) is 0 Å². The summed E-state index contributed by atoms with van der Waals surface area (Å²) >= 11 is 8.99. The number of rotatable bonds is 1. The lowest BCUT2D eigenvalue weighted by molar-refractivity contribution is -0.133. The molecule has 0 aromatic heterocycles. The highest BCUT2D eigenvalue weighted by Crippen LogP contribution is 2.01. The SMILES string of the molecule is CC(=O)OC(=S)C(F)Cl. The van der Waals surface area contributed by atoms with Crippen LogP contribution in [0, 0.1) is 0 Å². The van der Waals surface area contributed by atoms with Crippen LogP contribution >= 0.6 is 23.8 Å². The summed E-state index contributed by atoms with van der Waals surface area (Å²) in [4.78, 5) is 10.0. The van der Waals surface area contributed by atoms with Crippen molar-refractivity contribution in [3.8, 4) is 0 Å². The molecule has 0 aromatic carbocycles. The van der Waals surface area contributed by atoms with Crippen molar-refractivity contribution in [3.63, 3.8) is 0 Å². The molecule has 5 heteroatoms. The third kappa shape index (κ3) is 4.29. The Balaban J connectivity index is 3.64. The zero-order valence-corrected chi connectivity index (χ0v) is 6.13. The van der Waals surface area contributed by atoms with E-state index in [1.165, 1.54) is 0 Å². The van der Waals surface area contributed by atoms with Gasteiger partial charge < -0.3 is 4.74 Å². The highest BCUT2D eigenvalue weighted by atomic mass is 35.5. The Bertz CT molecular complexity index is 137. The molecule has 2 nitrogen and oxygen atoms in total. The van der Waals surface area contributed by atoms with E-state index >= 15 is 0 Å². The molecule has 0 aliphatic carbocycles. The average Bonchev–Trinajstić information content (AvgIpc) is 1.63. The number of carbonyl (C=O) groups is 1. The molecule has 0 spiro atoms. The van der Waals surface area contributed by atoms with E-state index in [0.717, 1.165) is 6.92 Å². The molecule has 52 valence electrons. The minimum absolute atomic E-state index is 0.538. The highest BCUT2D eigenvalue weighted by Gasteiger charge is 2.11. The van der Waals surface area contributed by atoms with E-state index in [9.17, 15) is 9.18 Å². The molecule has 0 saturated carbocycles. The van der Waals surface area contributed by atoms with Crippen molar-refractivity contribution in [1.29, 1.82) is 0 Å². The number of halogens is 2. The molecule has 0 bridgehead atoms. The third-order valence-electron chi connectivity index (χ3n) is 0.422. The highest BCUT2D eigenvalue weighted by molar-refractivity contribution is 7.80. The van der Waals surface area contributed by atoms with Gasteiger partial charge >= 0.3 is 5.97 Å². The number of hydrogen-bond acceptors (Lipinski definition) is 3. The summed E-state index contributed by atoms with van der Waals surface area (Å²) in [6.07, 6.45) is 0. The Morgan fingerprint density at radius 3 is 2.44 bits per heavy atom. The predicted molar refractivity (Wildman–Crippen MR) is 35.1 cm³/mol. The largest absolute Gasteiger partial charge is 0.415 e. The second-order valence-electron chi connectivity index (χ2n) is 1.21. The van der Waals surface area contributed by atoms with Crippen LogP contribution in [-0.2, 0) is 9.53 Å². The molecule has 0 amide bonds. The first-order chi connectivity index (χ1) is 4.04. The Hall–Kier alpha value is -0.220. The van der Waals surface area contributed by atoms with Crippen molar-refractivity contribution in [3.05, 3.63) is 0 Å². The van der Waals surface area contributed by atoms with Crippen molar-refractivity contribution in [2.45, 2.75) is 12.6 Å². The summed E-state index contributed by atoms with van der Waals surface area (Å²) in [5.74, 6) is -0.664. The van der Waals surface area contributed by atoms with Crippen LogP contribution in [0.4, 0.5) is 4.39 Å². The molecule has 0 saturated heterocycles. The van der Waals surface area contributed by atoms with Gasteiger partial charge in [-0.2, -0.15) is 0 Å². The zero-order valence-electron chi connectivity index (χ0n) is 4.56. The van der Waals surface area contributed by atoms with Crippen LogP contribution in [0.1, 0.15) is 6.92 Å². The molecule has 0 fully saturated rings. The number of alkyl halides is 2. The van der Waals surface area contributed by atoms with Crippen LogP contribution in [0.5, 0.6) is 0 Å². The topological polar surface area (TPSA) is 26.3 Å². The molecule has 9 heavy (non-hydrogen) atoms. The molecule has 0 aliphatic heterocycles. The monoisotopic (exact) mass is 170 g/mol. The fourth-order valence-electron chi connectivity index (χ4n) is 0.186. The van der Waals surface area contributed by atoms with Crippen LogP contribution < -0.4 is 0 Å². The molecule has 1 atom stereocenters. The van der Waals surface area contributed by atoms with Gasteiger partial charge in [0.15, 0.2) is 0 Å². The molecule has 0 rings (SSSR count). The minimum Gasteiger partial charge on any atom is -0.415 e. The molecule has 1 unspecified atom stereocenters. The molecule has 0 radical (unpaired) electrons. The summed E-state index contributed by atoms with van der Waals surface area (Å²) in [7, 11) is 0. The molecule has 0 N–H and O–H groups in total. The quantitative estimate of drug-likeness (QED) is 0.338. The summed E-state index contributed by atoms with van der Waals surface area (Å²) < 4.78 is 15.9. The van der Waals surface area contributed by atoms with Gasteiger partial charge in [-0.05, 0) is 12.2 Å². The van der Waals surface area contributed by atoms with Crippen molar-refractivity contribution in [2.75, 3.05) is 0 Å². The Kier molecular flexibility index (Phi) is 3.65. The number of ether oxygens (including phenoxy) is 1. The van der Waals surface area contributed by atoms with Crippen molar-refractivity contribution >= 4 is 34.8 Å². The smallest absolute Gasteiger partial charge is 0.308 e. The van der Waals surface area contributed by atoms with Gasteiger partial charge in [-0.3, -0.25) is 4.79 Å². The van der Waals surface area contributed by atoms with Crippen LogP contribution in [0.2, 0.25) is 0 Å². The maximum atomic E-state index is 11.8. The van der Waals surface area contributed by atoms with E-state index < -0.39 is 16.7 Å². The van der Waals surface area contributed by atoms with E-state index in [2.05, 4.69) is 17.0 Å².